The van der Waals surface area contributed by atoms with Crippen LogP contribution in [0.3, 0.4) is 0 Å². The molecule has 0 aliphatic carbocycles. The van der Waals surface area contributed by atoms with E-state index in [0.29, 0.717) is 11.6 Å². The van der Waals surface area contributed by atoms with Crippen molar-refractivity contribution in [3.05, 3.63) is 45.9 Å². The van der Waals surface area contributed by atoms with Crippen molar-refractivity contribution >= 4 is 22.9 Å². The maximum atomic E-state index is 13.0. The minimum Gasteiger partial charge on any atom is -0.317 e. The minimum atomic E-state index is 0.0406. The molecule has 4 rings (SSSR count). The summed E-state index contributed by atoms with van der Waals surface area (Å²) >= 11 is 1.64. The fraction of sp³-hybridized carbons (Fsp3) is 0.444. The molecule has 23 heavy (non-hydrogen) atoms. The molecule has 1 N–H and O–H groups in total. The number of hydrogen-bond donors (Lipinski definition) is 1. The Morgan fingerprint density at radius 3 is 2.91 bits per heavy atom. The molecule has 1 saturated heterocycles. The third-order valence-corrected chi connectivity index (χ3v) is 5.86. The van der Waals surface area contributed by atoms with E-state index in [1.807, 2.05) is 28.5 Å². The zero-order chi connectivity index (χ0) is 15.8. The normalized spacial score (nSPS) is 21.4. The first-order chi connectivity index (χ1) is 11.2. The highest BCUT2D eigenvalue weighted by molar-refractivity contribution is 7.10. The number of benzene rings is 1. The van der Waals surface area contributed by atoms with Crippen LogP contribution in [0, 0.1) is 0 Å². The largest absolute Gasteiger partial charge is 0.317 e. The molecule has 1 amide bonds. The highest BCUT2D eigenvalue weighted by atomic mass is 32.1. The van der Waals surface area contributed by atoms with Gasteiger partial charge in [0.05, 0.1) is 5.01 Å². The Balaban J connectivity index is 1.59. The third kappa shape index (κ3) is 2.68. The van der Waals surface area contributed by atoms with Crippen LogP contribution in [-0.4, -0.2) is 30.0 Å². The van der Waals surface area contributed by atoms with Crippen molar-refractivity contribution in [2.45, 2.75) is 38.1 Å². The van der Waals surface area contributed by atoms with E-state index in [1.165, 1.54) is 5.56 Å². The van der Waals surface area contributed by atoms with Crippen molar-refractivity contribution in [3.8, 4) is 0 Å². The minimum absolute atomic E-state index is 0.0406. The second-order valence-electron chi connectivity index (χ2n) is 6.45. The van der Waals surface area contributed by atoms with Gasteiger partial charge in [0.15, 0.2) is 0 Å². The first-order valence-electron chi connectivity index (χ1n) is 8.31. The number of amides is 1. The van der Waals surface area contributed by atoms with Crippen LogP contribution in [0.15, 0.2) is 29.6 Å². The molecule has 4 nitrogen and oxygen atoms in total. The van der Waals surface area contributed by atoms with Crippen LogP contribution in [0.5, 0.6) is 0 Å². The number of rotatable bonds is 2. The number of thiazole rings is 1. The molecular weight excluding hydrogens is 306 g/mol. The molecule has 1 aromatic carbocycles. The molecule has 3 heterocycles. The summed E-state index contributed by atoms with van der Waals surface area (Å²) in [6.45, 7) is 4.20. The Bertz CT molecular complexity index is 721. The van der Waals surface area contributed by atoms with Crippen LogP contribution < -0.4 is 10.2 Å². The first kappa shape index (κ1) is 14.8. The lowest BCUT2D eigenvalue weighted by Gasteiger charge is -2.22. The Morgan fingerprint density at radius 1 is 1.30 bits per heavy atom. The average molecular weight is 327 g/mol. The highest BCUT2D eigenvalue weighted by Crippen LogP contribution is 2.34. The Morgan fingerprint density at radius 2 is 2.09 bits per heavy atom. The topological polar surface area (TPSA) is 45.2 Å². The number of carbonyl (C=O) groups is 1. The van der Waals surface area contributed by atoms with Crippen LogP contribution in [0.25, 0.3) is 0 Å². The number of hydrogen-bond acceptors (Lipinski definition) is 4. The number of nitrogens with zero attached hydrogens (tertiary/aromatic N) is 2. The smallest absolute Gasteiger partial charge is 0.278 e. The van der Waals surface area contributed by atoms with Gasteiger partial charge < -0.3 is 10.2 Å². The van der Waals surface area contributed by atoms with Crippen molar-refractivity contribution in [2.75, 3.05) is 18.0 Å². The molecule has 1 atom stereocenters. The number of carbonyl (C=O) groups excluding carboxylic acids is 1. The summed E-state index contributed by atoms with van der Waals surface area (Å²) in [6.07, 6.45) is 3.15. The third-order valence-electron chi connectivity index (χ3n) is 4.86. The van der Waals surface area contributed by atoms with E-state index in [2.05, 4.69) is 23.3 Å². The number of para-hydroxylation sites is 1. The van der Waals surface area contributed by atoms with Gasteiger partial charge in [0, 0.05) is 23.0 Å². The Labute approximate surface area is 140 Å². The van der Waals surface area contributed by atoms with Gasteiger partial charge in [-0.15, -0.1) is 11.3 Å². The monoisotopic (exact) mass is 327 g/mol. The SMILES string of the molecule is CC1Cc2ccccc2N1C(=O)c1csc(C2CCNCC2)n1. The number of nitrogens with one attached hydrogen (secondary N) is 1. The predicted molar refractivity (Wildman–Crippen MR) is 93.4 cm³/mol. The summed E-state index contributed by atoms with van der Waals surface area (Å²) in [5.41, 5.74) is 2.90. The van der Waals surface area contributed by atoms with Crippen LogP contribution in [-0.2, 0) is 6.42 Å². The lowest BCUT2D eigenvalue weighted by Crippen LogP contribution is -2.36. The second kappa shape index (κ2) is 6.06. The van der Waals surface area contributed by atoms with E-state index >= 15 is 0 Å². The lowest BCUT2D eigenvalue weighted by molar-refractivity contribution is 0.0977. The highest BCUT2D eigenvalue weighted by Gasteiger charge is 2.32. The van der Waals surface area contributed by atoms with E-state index < -0.39 is 0 Å². The van der Waals surface area contributed by atoms with Gasteiger partial charge in [-0.05, 0) is 50.9 Å². The Hall–Kier alpha value is -1.72. The molecule has 0 radical (unpaired) electrons. The number of aromatic nitrogens is 1. The molecule has 0 saturated carbocycles. The zero-order valence-electron chi connectivity index (χ0n) is 13.3. The molecule has 0 bridgehead atoms. The predicted octanol–water partition coefficient (Wildman–Crippen LogP) is 3.20. The second-order valence-corrected chi connectivity index (χ2v) is 7.34. The van der Waals surface area contributed by atoms with Gasteiger partial charge in [-0.25, -0.2) is 4.98 Å². The molecule has 0 spiro atoms. The molecule has 120 valence electrons. The zero-order valence-corrected chi connectivity index (χ0v) is 14.1. The van der Waals surface area contributed by atoms with Gasteiger partial charge in [-0.3, -0.25) is 4.79 Å². The standard InChI is InChI=1S/C18H21N3OS/c1-12-10-14-4-2-3-5-16(14)21(12)18(22)15-11-23-17(20-15)13-6-8-19-9-7-13/h2-5,11-13,19H,6-10H2,1H3. The summed E-state index contributed by atoms with van der Waals surface area (Å²) in [6, 6.07) is 8.39. The van der Waals surface area contributed by atoms with Gasteiger partial charge in [0.2, 0.25) is 0 Å². The maximum Gasteiger partial charge on any atom is 0.278 e. The van der Waals surface area contributed by atoms with Gasteiger partial charge in [-0.2, -0.15) is 0 Å². The van der Waals surface area contributed by atoms with E-state index in [4.69, 9.17) is 0 Å². The summed E-state index contributed by atoms with van der Waals surface area (Å²) in [5, 5.41) is 6.44. The molecule has 1 aromatic heterocycles. The van der Waals surface area contributed by atoms with Gasteiger partial charge in [0.1, 0.15) is 5.69 Å². The van der Waals surface area contributed by atoms with Crippen molar-refractivity contribution in [1.29, 1.82) is 0 Å². The Kier molecular flexibility index (Phi) is 3.91. The fourth-order valence-electron chi connectivity index (χ4n) is 3.64. The molecule has 2 aromatic rings. The fourth-order valence-corrected chi connectivity index (χ4v) is 4.61. The number of anilines is 1. The average Bonchev–Trinajstić information content (AvgIpc) is 3.19. The quantitative estimate of drug-likeness (QED) is 0.921. The summed E-state index contributed by atoms with van der Waals surface area (Å²) < 4.78 is 0. The van der Waals surface area contributed by atoms with Gasteiger partial charge in [-0.1, -0.05) is 18.2 Å². The summed E-state index contributed by atoms with van der Waals surface area (Å²) in [7, 11) is 0. The van der Waals surface area contributed by atoms with E-state index in [1.54, 1.807) is 11.3 Å². The molecule has 2 aliphatic heterocycles. The summed E-state index contributed by atoms with van der Waals surface area (Å²) in [5.74, 6) is 0.546. The van der Waals surface area contributed by atoms with Crippen molar-refractivity contribution in [2.24, 2.45) is 0 Å². The molecule has 5 heteroatoms. The van der Waals surface area contributed by atoms with Crippen molar-refractivity contribution < 1.29 is 4.79 Å². The first-order valence-corrected chi connectivity index (χ1v) is 9.19. The molecule has 1 fully saturated rings. The van der Waals surface area contributed by atoms with Gasteiger partial charge >= 0.3 is 0 Å². The molecule has 2 aliphatic rings. The van der Waals surface area contributed by atoms with Crippen molar-refractivity contribution in [3.63, 3.8) is 0 Å². The summed E-state index contributed by atoms with van der Waals surface area (Å²) in [4.78, 5) is 19.6. The molecular formula is C18H21N3OS. The van der Waals surface area contributed by atoms with Gasteiger partial charge in [0.25, 0.3) is 5.91 Å². The maximum absolute atomic E-state index is 13.0. The van der Waals surface area contributed by atoms with Crippen molar-refractivity contribution in [1.82, 2.24) is 10.3 Å². The lowest BCUT2D eigenvalue weighted by atomic mass is 9.99. The van der Waals surface area contributed by atoms with Crippen LogP contribution in [0.2, 0.25) is 0 Å². The van der Waals surface area contributed by atoms with E-state index in [-0.39, 0.29) is 11.9 Å². The van der Waals surface area contributed by atoms with E-state index in [9.17, 15) is 4.79 Å². The van der Waals surface area contributed by atoms with Crippen LogP contribution >= 0.6 is 11.3 Å². The van der Waals surface area contributed by atoms with E-state index in [0.717, 1.165) is 43.0 Å². The van der Waals surface area contributed by atoms with Crippen LogP contribution in [0.4, 0.5) is 5.69 Å². The number of piperidine rings is 1. The van der Waals surface area contributed by atoms with Crippen LogP contribution in [0.1, 0.15) is 46.7 Å². The molecule has 1 unspecified atom stereocenters. The number of fused-ring (bicyclic) bond motifs is 1.